The van der Waals surface area contributed by atoms with Crippen LogP contribution in [0, 0.1) is 0 Å². The number of nitrogens with zero attached hydrogens (tertiary/aromatic N) is 2. The largest absolute Gasteiger partial charge is 0.476 e. The molecule has 0 aliphatic carbocycles. The lowest BCUT2D eigenvalue weighted by molar-refractivity contribution is -0.115. The van der Waals surface area contributed by atoms with E-state index in [0.29, 0.717) is 0 Å². The highest BCUT2D eigenvalue weighted by Gasteiger charge is 2.26. The van der Waals surface area contributed by atoms with Crippen LogP contribution in [-0.2, 0) is 0 Å². The molecule has 0 atom stereocenters. The van der Waals surface area contributed by atoms with Gasteiger partial charge in [0.25, 0.3) is 0 Å². The minimum atomic E-state index is -4.39. The third kappa shape index (κ3) is 3.79. The molecule has 0 aliphatic heterocycles. The van der Waals surface area contributed by atoms with Gasteiger partial charge in [-0.05, 0) is 0 Å². The van der Waals surface area contributed by atoms with Gasteiger partial charge in [0, 0.05) is 0 Å². The van der Waals surface area contributed by atoms with E-state index in [2.05, 4.69) is 9.97 Å². The molecular weight excluding hydrogens is 215 g/mol. The van der Waals surface area contributed by atoms with Gasteiger partial charge in [-0.3, -0.25) is 4.98 Å². The van der Waals surface area contributed by atoms with Gasteiger partial charge in [0.15, 0.2) is 5.69 Å². The van der Waals surface area contributed by atoms with Crippen LogP contribution in [0.4, 0.5) is 19.0 Å². The maximum absolute atomic E-state index is 11.8. The summed E-state index contributed by atoms with van der Waals surface area (Å²) in [5.74, 6) is -1.58. The van der Waals surface area contributed by atoms with E-state index in [-0.39, 0.29) is 5.82 Å². The Labute approximate surface area is 82.0 Å². The maximum Gasteiger partial charge on any atom is 0.405 e. The number of rotatable bonds is 3. The molecule has 15 heavy (non-hydrogen) atoms. The van der Waals surface area contributed by atoms with Crippen molar-refractivity contribution >= 4 is 11.8 Å². The Morgan fingerprint density at radius 3 is 2.67 bits per heavy atom. The molecule has 1 aromatic heterocycles. The Morgan fingerprint density at radius 1 is 1.47 bits per heavy atom. The first kappa shape index (κ1) is 11.2. The lowest BCUT2D eigenvalue weighted by atomic mass is 10.4. The third-order valence-electron chi connectivity index (χ3n) is 1.32. The fourth-order valence-electron chi connectivity index (χ4n) is 0.745. The average molecular weight is 221 g/mol. The van der Waals surface area contributed by atoms with Gasteiger partial charge in [-0.25, -0.2) is 9.78 Å². The van der Waals surface area contributed by atoms with E-state index in [9.17, 15) is 18.0 Å². The van der Waals surface area contributed by atoms with Gasteiger partial charge in [-0.1, -0.05) is 0 Å². The number of halogens is 3. The second-order valence-electron chi connectivity index (χ2n) is 2.56. The summed E-state index contributed by atoms with van der Waals surface area (Å²) in [5, 5.41) is 10.4. The number of aromatic nitrogens is 2. The molecule has 0 aliphatic rings. The van der Waals surface area contributed by atoms with E-state index in [0.717, 1.165) is 12.4 Å². The zero-order valence-electron chi connectivity index (χ0n) is 7.25. The van der Waals surface area contributed by atoms with Crippen LogP contribution in [0.3, 0.4) is 0 Å². The van der Waals surface area contributed by atoms with Crippen molar-refractivity contribution in [1.29, 1.82) is 0 Å². The van der Waals surface area contributed by atoms with Crippen molar-refractivity contribution in [3.8, 4) is 0 Å². The summed E-state index contributed by atoms with van der Waals surface area (Å²) in [5.41, 5.74) is -0.415. The zero-order chi connectivity index (χ0) is 11.5. The first-order valence-corrected chi connectivity index (χ1v) is 3.74. The summed E-state index contributed by atoms with van der Waals surface area (Å²) in [6.45, 7) is -1.29. The standard InChI is InChI=1S/C7H6F3N3O2/c8-7(9,10)3-12-5-2-11-1-4(13-5)6(14)15/h1-2H,3H2,(H,12,13)(H,14,15). The summed E-state index contributed by atoms with van der Waals surface area (Å²) in [6.07, 6.45) is -2.43. The molecule has 82 valence electrons. The number of nitrogens with one attached hydrogen (secondary N) is 1. The molecule has 0 spiro atoms. The van der Waals surface area contributed by atoms with Gasteiger partial charge >= 0.3 is 12.1 Å². The number of anilines is 1. The second-order valence-corrected chi connectivity index (χ2v) is 2.56. The monoisotopic (exact) mass is 221 g/mol. The molecular formula is C7H6F3N3O2. The minimum Gasteiger partial charge on any atom is -0.476 e. The third-order valence-corrected chi connectivity index (χ3v) is 1.32. The fourth-order valence-corrected chi connectivity index (χ4v) is 0.745. The fraction of sp³-hybridized carbons (Fsp3) is 0.286. The van der Waals surface area contributed by atoms with Gasteiger partial charge in [-0.2, -0.15) is 13.2 Å². The summed E-state index contributed by atoms with van der Waals surface area (Å²) >= 11 is 0. The molecule has 0 amide bonds. The molecule has 5 nitrogen and oxygen atoms in total. The molecule has 1 rings (SSSR count). The van der Waals surface area contributed by atoms with E-state index in [4.69, 9.17) is 5.11 Å². The summed E-state index contributed by atoms with van der Waals surface area (Å²) < 4.78 is 35.3. The van der Waals surface area contributed by atoms with E-state index in [1.807, 2.05) is 5.32 Å². The number of alkyl halides is 3. The average Bonchev–Trinajstić information content (AvgIpc) is 2.14. The van der Waals surface area contributed by atoms with Crippen LogP contribution in [0.5, 0.6) is 0 Å². The van der Waals surface area contributed by atoms with Crippen molar-refractivity contribution in [1.82, 2.24) is 9.97 Å². The predicted octanol–water partition coefficient (Wildman–Crippen LogP) is 1.15. The van der Waals surface area contributed by atoms with Crippen LogP contribution in [-0.4, -0.2) is 33.8 Å². The highest BCUT2D eigenvalue weighted by Crippen LogP contribution is 2.15. The molecule has 0 bridgehead atoms. The molecule has 0 unspecified atom stereocenters. The second kappa shape index (κ2) is 4.11. The summed E-state index contributed by atoms with van der Waals surface area (Å²) in [4.78, 5) is 17.2. The zero-order valence-corrected chi connectivity index (χ0v) is 7.25. The number of hydrogen-bond acceptors (Lipinski definition) is 4. The SMILES string of the molecule is O=C(O)c1cncc(NCC(F)(F)F)n1. The van der Waals surface area contributed by atoms with Crippen LogP contribution in [0.2, 0.25) is 0 Å². The predicted molar refractivity (Wildman–Crippen MR) is 43.5 cm³/mol. The highest BCUT2D eigenvalue weighted by atomic mass is 19.4. The van der Waals surface area contributed by atoms with Gasteiger partial charge in [-0.15, -0.1) is 0 Å². The lowest BCUT2D eigenvalue weighted by Gasteiger charge is -2.08. The molecule has 0 radical (unpaired) electrons. The number of carbonyl (C=O) groups is 1. The van der Waals surface area contributed by atoms with Crippen LogP contribution >= 0.6 is 0 Å². The van der Waals surface area contributed by atoms with Crippen LogP contribution < -0.4 is 5.32 Å². The van der Waals surface area contributed by atoms with Crippen molar-refractivity contribution in [2.24, 2.45) is 0 Å². The molecule has 0 saturated carbocycles. The Bertz CT molecular complexity index is 367. The Kier molecular flexibility index (Phi) is 3.08. The number of carboxylic acid groups (broad SMARTS) is 1. The lowest BCUT2D eigenvalue weighted by Crippen LogP contribution is -2.22. The number of hydrogen-bond donors (Lipinski definition) is 2. The summed E-state index contributed by atoms with van der Waals surface area (Å²) in [6, 6.07) is 0. The van der Waals surface area contributed by atoms with Crippen molar-refractivity contribution in [2.75, 3.05) is 11.9 Å². The molecule has 0 aromatic carbocycles. The number of aromatic carboxylic acids is 1. The van der Waals surface area contributed by atoms with Crippen molar-refractivity contribution < 1.29 is 23.1 Å². The highest BCUT2D eigenvalue weighted by molar-refractivity contribution is 5.85. The Morgan fingerprint density at radius 2 is 2.13 bits per heavy atom. The van der Waals surface area contributed by atoms with E-state index in [1.54, 1.807) is 0 Å². The van der Waals surface area contributed by atoms with E-state index >= 15 is 0 Å². The van der Waals surface area contributed by atoms with Crippen molar-refractivity contribution in [2.45, 2.75) is 6.18 Å². The minimum absolute atomic E-state index is 0.229. The smallest absolute Gasteiger partial charge is 0.405 e. The van der Waals surface area contributed by atoms with E-state index < -0.39 is 24.4 Å². The van der Waals surface area contributed by atoms with Crippen LogP contribution in [0.1, 0.15) is 10.5 Å². The van der Waals surface area contributed by atoms with Crippen molar-refractivity contribution in [3.63, 3.8) is 0 Å². The first-order chi connectivity index (χ1) is 6.88. The van der Waals surface area contributed by atoms with Crippen LogP contribution in [0.15, 0.2) is 12.4 Å². The first-order valence-electron chi connectivity index (χ1n) is 3.74. The molecule has 2 N–H and O–H groups in total. The summed E-state index contributed by atoms with van der Waals surface area (Å²) in [7, 11) is 0. The van der Waals surface area contributed by atoms with Crippen LogP contribution in [0.25, 0.3) is 0 Å². The molecule has 0 fully saturated rings. The van der Waals surface area contributed by atoms with Crippen molar-refractivity contribution in [3.05, 3.63) is 18.1 Å². The molecule has 8 heteroatoms. The Hall–Kier alpha value is -1.86. The quantitative estimate of drug-likeness (QED) is 0.800. The topological polar surface area (TPSA) is 75.1 Å². The normalized spacial score (nSPS) is 11.1. The van der Waals surface area contributed by atoms with E-state index in [1.165, 1.54) is 0 Å². The Balaban J connectivity index is 2.70. The molecule has 1 heterocycles. The van der Waals surface area contributed by atoms with Gasteiger partial charge < -0.3 is 10.4 Å². The maximum atomic E-state index is 11.8. The molecule has 0 saturated heterocycles. The van der Waals surface area contributed by atoms with Gasteiger partial charge in [0.05, 0.1) is 12.4 Å². The number of carboxylic acids is 1. The van der Waals surface area contributed by atoms with Gasteiger partial charge in [0.1, 0.15) is 12.4 Å². The van der Waals surface area contributed by atoms with Gasteiger partial charge in [0.2, 0.25) is 0 Å². The molecule has 1 aromatic rings.